The molecule has 3 amide bonds. The van der Waals surface area contributed by atoms with Gasteiger partial charge in [-0.2, -0.15) is 0 Å². The Balaban J connectivity index is 1.71. The van der Waals surface area contributed by atoms with E-state index in [2.05, 4.69) is 13.8 Å². The fraction of sp³-hybridized carbons (Fsp3) is 0.746. The molecule has 398 valence electrons. The van der Waals surface area contributed by atoms with Gasteiger partial charge in [0.1, 0.15) is 31.0 Å². The van der Waals surface area contributed by atoms with Crippen LogP contribution in [-0.2, 0) is 32.1 Å². The average Bonchev–Trinajstić information content (AvgIpc) is 3.37. The molecule has 0 bridgehead atoms. The summed E-state index contributed by atoms with van der Waals surface area (Å²) in [7, 11) is 0. The number of benzene rings is 2. The average molecular weight is 978 g/mol. The molecule has 11 nitrogen and oxygen atoms in total. The van der Waals surface area contributed by atoms with E-state index in [-0.39, 0.29) is 31.9 Å². The molecule has 1 saturated heterocycles. The summed E-state index contributed by atoms with van der Waals surface area (Å²) >= 11 is 0. The van der Waals surface area contributed by atoms with Crippen molar-refractivity contribution in [1.29, 1.82) is 0 Å². The molecule has 2 aromatic carbocycles. The van der Waals surface area contributed by atoms with Gasteiger partial charge in [-0.15, -0.1) is 0 Å². The molecule has 0 spiro atoms. The lowest BCUT2D eigenvalue weighted by molar-refractivity contribution is -0.245. The van der Waals surface area contributed by atoms with Gasteiger partial charge in [-0.05, 0) is 30.4 Å². The van der Waals surface area contributed by atoms with Crippen molar-refractivity contribution in [1.82, 2.24) is 9.80 Å². The molecule has 1 fully saturated rings. The van der Waals surface area contributed by atoms with Crippen molar-refractivity contribution in [3.63, 3.8) is 0 Å². The van der Waals surface area contributed by atoms with E-state index in [0.717, 1.165) is 49.0 Å². The first-order chi connectivity index (χ1) is 34.2. The Morgan fingerprint density at radius 2 is 0.971 bits per heavy atom. The standard InChI is InChI=1S/C59H99N3O8/c1-3-5-7-9-11-13-15-17-19-21-23-25-27-29-31-39-45-61(53(64)44-38-30-28-26-24-22-20-18-16-14-12-10-8-6-4-2)58-54(56(66)55(65)52(47-63)70-58)62(59(68)69-48-50-42-36-33-37-43-50)57(67)51(60)46-49-40-34-32-35-41-49/h32-37,40-43,51-52,54-56,58,63,65-66H,3-31,38-39,44-48,60H2,1-2H3/t51-,52+,54+,55+,56+,58+/m0/s1. The van der Waals surface area contributed by atoms with Crippen molar-refractivity contribution < 1.29 is 39.2 Å². The van der Waals surface area contributed by atoms with Crippen LogP contribution >= 0.6 is 0 Å². The lowest BCUT2D eigenvalue weighted by atomic mass is 9.92. The second-order valence-corrected chi connectivity index (χ2v) is 20.4. The molecule has 0 saturated carbocycles. The number of ether oxygens (including phenoxy) is 2. The lowest BCUT2D eigenvalue weighted by Crippen LogP contribution is -2.71. The molecular weight excluding hydrogens is 879 g/mol. The second-order valence-electron chi connectivity index (χ2n) is 20.4. The lowest BCUT2D eigenvalue weighted by Gasteiger charge is -2.49. The molecule has 11 heteroatoms. The van der Waals surface area contributed by atoms with Crippen molar-refractivity contribution in [3.8, 4) is 0 Å². The Bertz CT molecular complexity index is 1600. The van der Waals surface area contributed by atoms with Gasteiger partial charge in [-0.1, -0.05) is 261 Å². The van der Waals surface area contributed by atoms with E-state index in [0.29, 0.717) is 18.4 Å². The first-order valence-corrected chi connectivity index (χ1v) is 28.5. The minimum Gasteiger partial charge on any atom is -0.444 e. The van der Waals surface area contributed by atoms with Gasteiger partial charge in [0.2, 0.25) is 11.8 Å². The van der Waals surface area contributed by atoms with E-state index in [4.69, 9.17) is 15.2 Å². The molecule has 6 atom stereocenters. The van der Waals surface area contributed by atoms with Crippen LogP contribution in [0.1, 0.15) is 230 Å². The zero-order valence-electron chi connectivity index (χ0n) is 44.0. The predicted molar refractivity (Wildman–Crippen MR) is 284 cm³/mol. The highest BCUT2D eigenvalue weighted by atomic mass is 16.6. The molecule has 0 aliphatic carbocycles. The van der Waals surface area contributed by atoms with Gasteiger partial charge in [-0.25, -0.2) is 9.69 Å². The topological polar surface area (TPSA) is 163 Å². The number of aliphatic hydroxyl groups is 3. The van der Waals surface area contributed by atoms with Crippen LogP contribution in [0.4, 0.5) is 4.79 Å². The van der Waals surface area contributed by atoms with Crippen molar-refractivity contribution in [2.45, 2.75) is 269 Å². The predicted octanol–water partition coefficient (Wildman–Crippen LogP) is 12.9. The first-order valence-electron chi connectivity index (χ1n) is 28.5. The van der Waals surface area contributed by atoms with Crippen LogP contribution in [0.15, 0.2) is 60.7 Å². The van der Waals surface area contributed by atoms with Crippen molar-refractivity contribution in [2.75, 3.05) is 13.2 Å². The number of hydrogen-bond donors (Lipinski definition) is 4. The normalized spacial score (nSPS) is 18.4. The van der Waals surface area contributed by atoms with Gasteiger partial charge in [0, 0.05) is 13.0 Å². The molecule has 0 unspecified atom stereocenters. The van der Waals surface area contributed by atoms with Crippen LogP contribution in [0, 0.1) is 0 Å². The van der Waals surface area contributed by atoms with Gasteiger partial charge >= 0.3 is 6.09 Å². The number of rotatable bonds is 41. The van der Waals surface area contributed by atoms with Crippen LogP contribution in [0.2, 0.25) is 0 Å². The highest BCUT2D eigenvalue weighted by molar-refractivity contribution is 5.95. The second kappa shape index (κ2) is 39.2. The number of nitrogens with zero attached hydrogens (tertiary/aromatic N) is 2. The summed E-state index contributed by atoms with van der Waals surface area (Å²) < 4.78 is 12.1. The highest BCUT2D eigenvalue weighted by Crippen LogP contribution is 2.31. The van der Waals surface area contributed by atoms with Crippen molar-refractivity contribution in [3.05, 3.63) is 71.8 Å². The number of carbonyl (C=O) groups is 3. The van der Waals surface area contributed by atoms with Crippen molar-refractivity contribution >= 4 is 17.9 Å². The summed E-state index contributed by atoms with van der Waals surface area (Å²) in [6, 6.07) is 15.4. The fourth-order valence-electron chi connectivity index (χ4n) is 9.92. The molecule has 0 radical (unpaired) electrons. The molecule has 1 aliphatic rings. The van der Waals surface area contributed by atoms with Gasteiger partial charge in [-0.3, -0.25) is 9.59 Å². The number of imide groups is 1. The van der Waals surface area contributed by atoms with E-state index in [1.165, 1.54) is 153 Å². The van der Waals surface area contributed by atoms with E-state index in [1.807, 2.05) is 48.5 Å². The third-order valence-corrected chi connectivity index (χ3v) is 14.3. The molecule has 1 aliphatic heterocycles. The van der Waals surface area contributed by atoms with E-state index >= 15 is 0 Å². The largest absolute Gasteiger partial charge is 0.444 e. The van der Waals surface area contributed by atoms with Crippen LogP contribution < -0.4 is 5.73 Å². The maximum atomic E-state index is 14.6. The SMILES string of the molecule is CCCCCCCCCCCCCCCCCCN(C(=O)CCCCCCCCCCCCCCCCC)[C@@H]1O[C@H](CO)[C@@H](O)[C@H](O)[C@H]1N(C(=O)OCc1ccccc1)C(=O)[C@@H](N)Cc1ccccc1. The number of hydrogen-bond acceptors (Lipinski definition) is 9. The molecule has 5 N–H and O–H groups in total. The molecule has 2 aromatic rings. The first kappa shape index (κ1) is 61.0. The third kappa shape index (κ3) is 24.9. The molecule has 70 heavy (non-hydrogen) atoms. The summed E-state index contributed by atoms with van der Waals surface area (Å²) in [5.41, 5.74) is 8.03. The minimum atomic E-state index is -1.79. The Morgan fingerprint density at radius 3 is 1.40 bits per heavy atom. The molecular formula is C59H99N3O8. The maximum absolute atomic E-state index is 14.6. The quantitative estimate of drug-likeness (QED) is 0.0475. The Labute approximate surface area is 425 Å². The molecule has 3 rings (SSSR count). The smallest absolute Gasteiger partial charge is 0.417 e. The van der Waals surface area contributed by atoms with Gasteiger partial charge in [0.15, 0.2) is 6.23 Å². The summed E-state index contributed by atoms with van der Waals surface area (Å²) in [6.45, 7) is 3.94. The molecule has 1 heterocycles. The summed E-state index contributed by atoms with van der Waals surface area (Å²) in [4.78, 5) is 45.8. The van der Waals surface area contributed by atoms with Gasteiger partial charge in [0.25, 0.3) is 0 Å². The van der Waals surface area contributed by atoms with Gasteiger partial charge < -0.3 is 35.4 Å². The zero-order chi connectivity index (χ0) is 50.4. The van der Waals surface area contributed by atoms with Crippen LogP contribution in [0.5, 0.6) is 0 Å². The van der Waals surface area contributed by atoms with E-state index < -0.39 is 55.2 Å². The number of aliphatic hydroxyl groups excluding tert-OH is 3. The number of carbonyl (C=O) groups excluding carboxylic acids is 3. The van der Waals surface area contributed by atoms with E-state index in [1.54, 1.807) is 12.1 Å². The minimum absolute atomic E-state index is 0.0827. The Morgan fingerprint density at radius 1 is 0.571 bits per heavy atom. The number of nitrogens with two attached hydrogens (primary N) is 1. The maximum Gasteiger partial charge on any atom is 0.417 e. The monoisotopic (exact) mass is 978 g/mol. The van der Waals surface area contributed by atoms with Gasteiger partial charge in [0.05, 0.1) is 12.6 Å². The van der Waals surface area contributed by atoms with Crippen LogP contribution in [0.3, 0.4) is 0 Å². The summed E-state index contributed by atoms with van der Waals surface area (Å²) in [6.07, 6.45) is 30.4. The summed E-state index contributed by atoms with van der Waals surface area (Å²) in [5, 5.41) is 33.7. The molecule has 0 aromatic heterocycles. The fourth-order valence-corrected chi connectivity index (χ4v) is 9.92. The number of unbranched alkanes of at least 4 members (excludes halogenated alkanes) is 29. The Kier molecular flexibility index (Phi) is 34.1. The van der Waals surface area contributed by atoms with Crippen LogP contribution in [-0.4, -0.2) is 92.8 Å². The van der Waals surface area contributed by atoms with Crippen LogP contribution in [0.25, 0.3) is 0 Å². The number of amides is 3. The van der Waals surface area contributed by atoms with Crippen molar-refractivity contribution in [2.24, 2.45) is 5.73 Å². The Hall–Kier alpha value is -3.35. The third-order valence-electron chi connectivity index (χ3n) is 14.3. The zero-order valence-corrected chi connectivity index (χ0v) is 44.0. The highest BCUT2D eigenvalue weighted by Gasteiger charge is 2.53. The van der Waals surface area contributed by atoms with E-state index in [9.17, 15) is 29.7 Å². The summed E-state index contributed by atoms with van der Waals surface area (Å²) in [5.74, 6) is -1.07.